The number of fused-ring (bicyclic) bond motifs is 4. The van der Waals surface area contributed by atoms with E-state index in [1.807, 2.05) is 0 Å². The zero-order valence-corrected chi connectivity index (χ0v) is 17.9. The Morgan fingerprint density at radius 1 is 1.19 bits per heavy atom. The van der Waals surface area contributed by atoms with E-state index in [1.165, 1.54) is 39.2 Å². The van der Waals surface area contributed by atoms with E-state index in [0.29, 0.717) is 35.6 Å². The van der Waals surface area contributed by atoms with Crippen LogP contribution in [0.4, 0.5) is 11.4 Å². The largest absolute Gasteiger partial charge is 0.489 e. The topological polar surface area (TPSA) is 126 Å². The fraction of sp³-hybridized carbons (Fsp3) is 0.381. The van der Waals surface area contributed by atoms with Gasteiger partial charge in [0, 0.05) is 17.4 Å². The molecule has 11 heteroatoms. The zero-order chi connectivity index (χ0) is 22.2. The van der Waals surface area contributed by atoms with E-state index in [0.717, 1.165) is 31.2 Å². The van der Waals surface area contributed by atoms with Gasteiger partial charge in [-0.05, 0) is 31.2 Å². The van der Waals surface area contributed by atoms with Crippen LogP contribution in [0.25, 0.3) is 10.2 Å². The Balaban J connectivity index is 1.43. The highest BCUT2D eigenvalue weighted by molar-refractivity contribution is 7.18. The van der Waals surface area contributed by atoms with Crippen LogP contribution in [0.5, 0.6) is 11.5 Å². The lowest BCUT2D eigenvalue weighted by Crippen LogP contribution is -2.28. The van der Waals surface area contributed by atoms with Crippen LogP contribution in [0.2, 0.25) is 0 Å². The monoisotopic (exact) mass is 456 g/mol. The number of hydrogen-bond acceptors (Lipinski definition) is 8. The van der Waals surface area contributed by atoms with Crippen LogP contribution in [-0.2, 0) is 24.2 Å². The van der Waals surface area contributed by atoms with Crippen molar-refractivity contribution in [1.82, 2.24) is 9.55 Å². The molecule has 2 aliphatic rings. The number of nitro benzene ring substituents is 1. The molecule has 1 aliphatic heterocycles. The normalized spacial score (nSPS) is 15.1. The maximum absolute atomic E-state index is 13.1. The van der Waals surface area contributed by atoms with Crippen molar-refractivity contribution < 1.29 is 19.2 Å². The predicted octanol–water partition coefficient (Wildman–Crippen LogP) is 3.05. The number of nitrogens with zero attached hydrogens (tertiary/aromatic N) is 3. The highest BCUT2D eigenvalue weighted by Gasteiger charge is 2.24. The van der Waals surface area contributed by atoms with Crippen LogP contribution >= 0.6 is 11.3 Å². The van der Waals surface area contributed by atoms with Gasteiger partial charge >= 0.3 is 0 Å². The molecule has 32 heavy (non-hydrogen) atoms. The molecule has 1 aromatic carbocycles. The van der Waals surface area contributed by atoms with Gasteiger partial charge in [-0.25, -0.2) is 4.98 Å². The number of hydrogen-bond donors (Lipinski definition) is 1. The Morgan fingerprint density at radius 3 is 2.72 bits per heavy atom. The zero-order valence-electron chi connectivity index (χ0n) is 17.1. The smallest absolute Gasteiger partial charge is 0.296 e. The maximum Gasteiger partial charge on any atom is 0.296 e. The number of ether oxygens (including phenoxy) is 2. The van der Waals surface area contributed by atoms with Gasteiger partial charge in [0.05, 0.1) is 35.9 Å². The van der Waals surface area contributed by atoms with E-state index in [-0.39, 0.29) is 29.2 Å². The van der Waals surface area contributed by atoms with Gasteiger partial charge in [-0.15, -0.1) is 11.3 Å². The fourth-order valence-electron chi connectivity index (χ4n) is 4.09. The fourth-order valence-corrected chi connectivity index (χ4v) is 5.31. The van der Waals surface area contributed by atoms with Gasteiger partial charge in [0.25, 0.3) is 11.2 Å². The molecule has 5 rings (SSSR count). The van der Waals surface area contributed by atoms with Crippen molar-refractivity contribution in [2.75, 3.05) is 18.5 Å². The molecule has 10 nitrogen and oxygen atoms in total. The molecule has 1 aliphatic carbocycles. The maximum atomic E-state index is 13.1. The van der Waals surface area contributed by atoms with Crippen LogP contribution < -0.4 is 20.3 Å². The van der Waals surface area contributed by atoms with Gasteiger partial charge in [-0.1, -0.05) is 0 Å². The molecule has 3 aromatic rings. The summed E-state index contributed by atoms with van der Waals surface area (Å²) >= 11 is 1.54. The van der Waals surface area contributed by atoms with Gasteiger partial charge in [0.1, 0.15) is 17.1 Å². The van der Waals surface area contributed by atoms with E-state index in [2.05, 4.69) is 10.3 Å². The molecule has 2 aromatic heterocycles. The highest BCUT2D eigenvalue weighted by atomic mass is 32.1. The first-order valence-corrected chi connectivity index (χ1v) is 11.2. The number of nitrogens with one attached hydrogen (secondary N) is 1. The summed E-state index contributed by atoms with van der Waals surface area (Å²) in [7, 11) is 0. The number of aromatic nitrogens is 2. The molecule has 0 radical (unpaired) electrons. The first-order valence-electron chi connectivity index (χ1n) is 10.4. The Bertz CT molecular complexity index is 1300. The molecule has 0 spiro atoms. The molecule has 166 valence electrons. The molecule has 1 N–H and O–H groups in total. The molecule has 1 amide bonds. The summed E-state index contributed by atoms with van der Waals surface area (Å²) in [5.41, 5.74) is 0.453. The summed E-state index contributed by atoms with van der Waals surface area (Å²) in [5.74, 6) is 0.0174. The second kappa shape index (κ2) is 8.23. The minimum absolute atomic E-state index is 0.0146. The van der Waals surface area contributed by atoms with Crippen LogP contribution in [0.3, 0.4) is 0 Å². The predicted molar refractivity (Wildman–Crippen MR) is 118 cm³/mol. The summed E-state index contributed by atoms with van der Waals surface area (Å²) in [5, 5.41) is 14.7. The van der Waals surface area contributed by atoms with Crippen molar-refractivity contribution in [3.8, 4) is 11.5 Å². The van der Waals surface area contributed by atoms with E-state index >= 15 is 0 Å². The third-order valence-electron chi connectivity index (χ3n) is 5.59. The Hall–Kier alpha value is -3.47. The minimum atomic E-state index is -0.596. The van der Waals surface area contributed by atoms with Gasteiger partial charge in [-0.2, -0.15) is 0 Å². The lowest BCUT2D eigenvalue weighted by molar-refractivity contribution is -0.384. The van der Waals surface area contributed by atoms with Gasteiger partial charge in [0.2, 0.25) is 5.91 Å². The van der Waals surface area contributed by atoms with E-state index in [4.69, 9.17) is 9.47 Å². The average Bonchev–Trinajstić information content (AvgIpc) is 3.00. The van der Waals surface area contributed by atoms with Crippen molar-refractivity contribution >= 4 is 38.8 Å². The summed E-state index contributed by atoms with van der Waals surface area (Å²) in [6, 6.07) is 2.63. The van der Waals surface area contributed by atoms with Crippen molar-refractivity contribution in [3.63, 3.8) is 0 Å². The van der Waals surface area contributed by atoms with Gasteiger partial charge < -0.3 is 14.8 Å². The number of benzene rings is 1. The number of thiophene rings is 1. The number of amides is 1. The van der Waals surface area contributed by atoms with E-state index < -0.39 is 10.8 Å². The first-order chi connectivity index (χ1) is 15.5. The van der Waals surface area contributed by atoms with Crippen LogP contribution in [0.15, 0.2) is 23.3 Å². The molecule has 0 atom stereocenters. The minimum Gasteiger partial charge on any atom is -0.489 e. The lowest BCUT2D eigenvalue weighted by Gasteiger charge is -2.12. The van der Waals surface area contributed by atoms with E-state index in [9.17, 15) is 19.7 Å². The summed E-state index contributed by atoms with van der Waals surface area (Å²) in [4.78, 5) is 43.0. The third kappa shape index (κ3) is 3.68. The molecule has 0 fully saturated rings. The SMILES string of the molecule is O=C(Cn1cnc2sc3c(c2c1=O)CCCC3)Nc1cc2c(cc1[N+](=O)[O-])OCCCO2. The highest BCUT2D eigenvalue weighted by Crippen LogP contribution is 2.39. The Morgan fingerprint density at radius 2 is 1.94 bits per heavy atom. The van der Waals surface area contributed by atoms with Crippen LogP contribution in [0.1, 0.15) is 29.7 Å². The quantitative estimate of drug-likeness (QED) is 0.472. The lowest BCUT2D eigenvalue weighted by atomic mass is 9.97. The van der Waals surface area contributed by atoms with Crippen LogP contribution in [-0.4, -0.2) is 33.6 Å². The average molecular weight is 456 g/mol. The molecule has 0 unspecified atom stereocenters. The molecular formula is C21H20N4O6S. The summed E-state index contributed by atoms with van der Waals surface area (Å²) in [6.45, 7) is 0.489. The number of rotatable bonds is 4. The molecule has 3 heterocycles. The standard InChI is InChI=1S/C21H20N4O6S/c26-18(23-13-8-15-16(9-14(13)25(28)29)31-7-3-6-30-15)10-24-11-22-20-19(21(24)27)12-4-1-2-5-17(12)32-20/h8-9,11H,1-7,10H2,(H,23,26). The molecule has 0 saturated heterocycles. The van der Waals surface area contributed by atoms with Crippen LogP contribution in [0, 0.1) is 10.1 Å². The number of aryl methyl sites for hydroxylation is 2. The summed E-state index contributed by atoms with van der Waals surface area (Å²) in [6.07, 6.45) is 5.92. The number of carbonyl (C=O) groups is 1. The van der Waals surface area contributed by atoms with E-state index in [1.54, 1.807) is 0 Å². The third-order valence-corrected chi connectivity index (χ3v) is 6.79. The van der Waals surface area contributed by atoms with Gasteiger partial charge in [-0.3, -0.25) is 24.3 Å². The molecule has 0 bridgehead atoms. The Kier molecular flexibility index (Phi) is 5.25. The number of anilines is 1. The first kappa shape index (κ1) is 20.4. The summed E-state index contributed by atoms with van der Waals surface area (Å²) < 4.78 is 12.3. The number of carbonyl (C=O) groups excluding carboxylic acids is 1. The second-order valence-electron chi connectivity index (χ2n) is 7.74. The van der Waals surface area contributed by atoms with Crippen molar-refractivity contribution in [2.45, 2.75) is 38.6 Å². The Labute approximate surface area is 185 Å². The molecule has 0 saturated carbocycles. The van der Waals surface area contributed by atoms with Crippen molar-refractivity contribution in [1.29, 1.82) is 0 Å². The van der Waals surface area contributed by atoms with Gasteiger partial charge in [0.15, 0.2) is 11.5 Å². The molecular weight excluding hydrogens is 436 g/mol. The van der Waals surface area contributed by atoms with Crippen molar-refractivity contribution in [3.05, 3.63) is 49.4 Å². The van der Waals surface area contributed by atoms with Crippen molar-refractivity contribution in [2.24, 2.45) is 0 Å². The number of nitro groups is 1. The second-order valence-corrected chi connectivity index (χ2v) is 8.82.